The van der Waals surface area contributed by atoms with Gasteiger partial charge in [-0.05, 0) is 38.0 Å². The van der Waals surface area contributed by atoms with Crippen LogP contribution in [0.1, 0.15) is 58.2 Å². The molecule has 0 radical (unpaired) electrons. The molecular weight excluding hydrogens is 296 g/mol. The molecule has 0 aliphatic carbocycles. The lowest BCUT2D eigenvalue weighted by molar-refractivity contribution is -0.525. The zero-order chi connectivity index (χ0) is 17.1. The van der Waals surface area contributed by atoms with Crippen molar-refractivity contribution in [1.29, 1.82) is 0 Å². The zero-order valence-electron chi connectivity index (χ0n) is 15.7. The Balaban J connectivity index is 2.00. The van der Waals surface area contributed by atoms with Gasteiger partial charge in [-0.3, -0.25) is 0 Å². The molecule has 0 bridgehead atoms. The van der Waals surface area contributed by atoms with Crippen LogP contribution in [0.25, 0.3) is 10.9 Å². The predicted octanol–water partition coefficient (Wildman–Crippen LogP) is 4.63. The number of rotatable bonds is 7. The molecule has 0 N–H and O–H groups in total. The van der Waals surface area contributed by atoms with Gasteiger partial charge >= 0.3 is 0 Å². The summed E-state index contributed by atoms with van der Waals surface area (Å²) in [6.07, 6.45) is 4.75. The first-order valence-electron chi connectivity index (χ1n) is 9.58. The minimum absolute atomic E-state index is 0.820. The lowest BCUT2D eigenvalue weighted by atomic mass is 10.0. The van der Waals surface area contributed by atoms with Gasteiger partial charge in [-0.25, -0.2) is 4.58 Å². The highest BCUT2D eigenvalue weighted by atomic mass is 16.5. The Hall–Kier alpha value is -1.77. The molecule has 0 unspecified atom stereocenters. The third-order valence-corrected chi connectivity index (χ3v) is 5.30. The van der Waals surface area contributed by atoms with Gasteiger partial charge in [-0.15, -0.1) is 0 Å². The Bertz CT molecular complexity index is 755. The molecule has 0 spiro atoms. The maximum Gasteiger partial charge on any atom is 0.197 e. The molecule has 130 valence electrons. The first kappa shape index (κ1) is 17.1. The average molecular weight is 327 g/mol. The Morgan fingerprint density at radius 1 is 1.17 bits per heavy atom. The molecule has 0 saturated heterocycles. The van der Waals surface area contributed by atoms with Crippen molar-refractivity contribution >= 4 is 16.6 Å². The molecule has 1 aliphatic heterocycles. The molecule has 2 aromatic rings. The summed E-state index contributed by atoms with van der Waals surface area (Å²) in [6.45, 7) is 13.0. The fraction of sp³-hybridized carbons (Fsp3) is 0.571. The largest absolute Gasteiger partial charge is 0.494 e. The van der Waals surface area contributed by atoms with Crippen molar-refractivity contribution in [3.05, 3.63) is 29.5 Å². The first-order valence-corrected chi connectivity index (χ1v) is 9.58. The maximum absolute atomic E-state index is 5.99. The van der Waals surface area contributed by atoms with Gasteiger partial charge in [0.25, 0.3) is 0 Å². The van der Waals surface area contributed by atoms with Gasteiger partial charge in [0.05, 0.1) is 12.1 Å². The molecule has 1 aromatic carbocycles. The number of unbranched alkanes of at least 4 members (excludes halogenated alkanes) is 2. The van der Waals surface area contributed by atoms with Crippen LogP contribution in [-0.4, -0.2) is 34.6 Å². The van der Waals surface area contributed by atoms with Crippen molar-refractivity contribution in [2.45, 2.75) is 59.9 Å². The lowest BCUT2D eigenvalue weighted by Crippen LogP contribution is -2.29. The highest BCUT2D eigenvalue weighted by molar-refractivity contribution is 6.03. The Labute approximate surface area is 145 Å². The van der Waals surface area contributed by atoms with E-state index in [-0.39, 0.29) is 0 Å². The fourth-order valence-electron chi connectivity index (χ4n) is 3.99. The molecule has 0 amide bonds. The number of hydrogen-bond donors (Lipinski definition) is 0. The van der Waals surface area contributed by atoms with Gasteiger partial charge in [-0.2, -0.15) is 0 Å². The van der Waals surface area contributed by atoms with Crippen LogP contribution >= 0.6 is 0 Å². The van der Waals surface area contributed by atoms with E-state index in [9.17, 15) is 0 Å². The number of ether oxygens (including phenoxy) is 1. The topological polar surface area (TPSA) is 17.2 Å². The normalized spacial score (nSPS) is 14.3. The van der Waals surface area contributed by atoms with Gasteiger partial charge in [0.15, 0.2) is 5.71 Å². The van der Waals surface area contributed by atoms with Crippen molar-refractivity contribution in [1.82, 2.24) is 4.57 Å². The molecule has 0 fully saturated rings. The second kappa shape index (κ2) is 7.42. The van der Waals surface area contributed by atoms with Crippen molar-refractivity contribution < 1.29 is 9.31 Å². The molecule has 2 heterocycles. The van der Waals surface area contributed by atoms with E-state index in [0.717, 1.165) is 44.8 Å². The number of aromatic nitrogens is 1. The van der Waals surface area contributed by atoms with Gasteiger partial charge in [-0.1, -0.05) is 19.8 Å². The highest BCUT2D eigenvalue weighted by Gasteiger charge is 2.28. The van der Waals surface area contributed by atoms with Crippen LogP contribution in [0.4, 0.5) is 0 Å². The number of fused-ring (bicyclic) bond motifs is 3. The van der Waals surface area contributed by atoms with Crippen LogP contribution in [0.5, 0.6) is 5.75 Å². The summed E-state index contributed by atoms with van der Waals surface area (Å²) in [5.41, 5.74) is 5.70. The summed E-state index contributed by atoms with van der Waals surface area (Å²) in [4.78, 5) is 0. The number of nitrogens with zero attached hydrogens (tertiary/aromatic N) is 2. The van der Waals surface area contributed by atoms with Crippen LogP contribution in [0.2, 0.25) is 0 Å². The number of hydrogen-bond acceptors (Lipinski definition) is 1. The highest BCUT2D eigenvalue weighted by Crippen LogP contribution is 2.32. The summed E-state index contributed by atoms with van der Waals surface area (Å²) < 4.78 is 11.0. The monoisotopic (exact) mass is 327 g/mol. The number of likely N-dealkylation sites (N-methyl/N-ethyl adjacent to an activating group) is 1. The van der Waals surface area contributed by atoms with Gasteiger partial charge in [0.1, 0.15) is 24.5 Å². The van der Waals surface area contributed by atoms with E-state index in [4.69, 9.17) is 4.74 Å². The molecule has 1 aromatic heterocycles. The third-order valence-electron chi connectivity index (χ3n) is 5.30. The zero-order valence-corrected chi connectivity index (χ0v) is 15.7. The summed E-state index contributed by atoms with van der Waals surface area (Å²) >= 11 is 0. The van der Waals surface area contributed by atoms with E-state index < -0.39 is 0 Å². The molecular formula is C21H31N2O+. The summed E-state index contributed by atoms with van der Waals surface area (Å²) in [6, 6.07) is 6.66. The molecule has 24 heavy (non-hydrogen) atoms. The van der Waals surface area contributed by atoms with Gasteiger partial charge < -0.3 is 9.30 Å². The molecule has 1 aliphatic rings. The predicted molar refractivity (Wildman–Crippen MR) is 102 cm³/mol. The number of aryl methyl sites for hydroxylation is 1. The third kappa shape index (κ3) is 2.97. The van der Waals surface area contributed by atoms with E-state index in [1.165, 1.54) is 40.7 Å². The Morgan fingerprint density at radius 2 is 2.00 bits per heavy atom. The van der Waals surface area contributed by atoms with Gasteiger partial charge in [0, 0.05) is 31.3 Å². The van der Waals surface area contributed by atoms with E-state index in [0.29, 0.717) is 0 Å². The van der Waals surface area contributed by atoms with Crippen LogP contribution in [0, 0.1) is 0 Å². The van der Waals surface area contributed by atoms with Gasteiger partial charge in [0.2, 0.25) is 0 Å². The molecule has 3 heteroatoms. The van der Waals surface area contributed by atoms with Crippen molar-refractivity contribution in [3.8, 4) is 5.75 Å². The molecule has 3 nitrogen and oxygen atoms in total. The number of benzene rings is 1. The Morgan fingerprint density at radius 3 is 2.71 bits per heavy atom. The fourth-order valence-corrected chi connectivity index (χ4v) is 3.99. The smallest absolute Gasteiger partial charge is 0.197 e. The van der Waals surface area contributed by atoms with Crippen LogP contribution < -0.4 is 4.74 Å². The quantitative estimate of drug-likeness (QED) is 0.535. The molecule has 3 rings (SSSR count). The minimum Gasteiger partial charge on any atom is -0.494 e. The second-order valence-electron chi connectivity index (χ2n) is 6.72. The SMILES string of the molecule is CCCCCOc1ccc2c3c(n(CC)c2c1)C(C)=[N+](CC)CC3. The first-order chi connectivity index (χ1) is 11.7. The van der Waals surface area contributed by atoms with E-state index in [2.05, 4.69) is 55.0 Å². The van der Waals surface area contributed by atoms with Crippen molar-refractivity contribution in [3.63, 3.8) is 0 Å². The average Bonchev–Trinajstić information content (AvgIpc) is 2.93. The Kier molecular flexibility index (Phi) is 5.27. The standard InChI is InChI=1S/C21H31N2O/c1-5-8-9-14-24-17-10-11-18-19-12-13-22(6-2)16(4)21(19)23(7-3)20(18)15-17/h10-11,15H,5-9,12-14H2,1-4H3/q+1. The van der Waals surface area contributed by atoms with E-state index >= 15 is 0 Å². The summed E-state index contributed by atoms with van der Waals surface area (Å²) in [5, 5.41) is 1.41. The van der Waals surface area contributed by atoms with E-state index in [1.54, 1.807) is 0 Å². The lowest BCUT2D eigenvalue weighted by Gasteiger charge is -2.15. The minimum atomic E-state index is 0.820. The maximum atomic E-state index is 5.99. The van der Waals surface area contributed by atoms with Crippen LogP contribution in [-0.2, 0) is 13.0 Å². The second-order valence-corrected chi connectivity index (χ2v) is 6.72. The van der Waals surface area contributed by atoms with Crippen LogP contribution in [0.15, 0.2) is 18.2 Å². The van der Waals surface area contributed by atoms with Crippen LogP contribution in [0.3, 0.4) is 0 Å². The summed E-state index contributed by atoms with van der Waals surface area (Å²) in [7, 11) is 0. The van der Waals surface area contributed by atoms with Crippen molar-refractivity contribution in [2.24, 2.45) is 0 Å². The molecule has 0 saturated carbocycles. The van der Waals surface area contributed by atoms with E-state index in [1.807, 2.05) is 0 Å². The molecule has 0 atom stereocenters. The summed E-state index contributed by atoms with van der Waals surface area (Å²) in [5.74, 6) is 1.01. The van der Waals surface area contributed by atoms with Crippen molar-refractivity contribution in [2.75, 3.05) is 19.7 Å².